The molecule has 1 aromatic rings. The van der Waals surface area contributed by atoms with Gasteiger partial charge in [0.15, 0.2) is 0 Å². The fourth-order valence-corrected chi connectivity index (χ4v) is 20.9. The number of nitrogens with two attached hydrogens (primary N) is 7. The van der Waals surface area contributed by atoms with Crippen molar-refractivity contribution in [1.82, 2.24) is 96.0 Å². The number of rotatable bonds is 28. The topological polar surface area (TPSA) is 647 Å². The van der Waals surface area contributed by atoms with E-state index in [4.69, 9.17) is 40.1 Å². The summed E-state index contributed by atoms with van der Waals surface area (Å²) in [6.07, 6.45) is 4.29. The monoisotopic (exact) mass is 1800 g/mol. The first-order valence-corrected chi connectivity index (χ1v) is 45.0. The Hall–Kier alpha value is -11.6. The van der Waals surface area contributed by atoms with Crippen molar-refractivity contribution in [2.24, 2.45) is 40.1 Å². The summed E-state index contributed by atoms with van der Waals surface area (Å²) in [5.74, 6) is -12.3. The molecule has 0 unspecified atom stereocenters. The maximum atomic E-state index is 14.6. The predicted octanol–water partition coefficient (Wildman–Crippen LogP) is -11.6. The highest BCUT2D eigenvalue weighted by molar-refractivity contribution is 6.02. The van der Waals surface area contributed by atoms with Gasteiger partial charge >= 0.3 is 0 Å². The number of likely N-dealkylation sites (tertiary alicyclic amines) is 12. The number of hydrogen-bond donors (Lipinski definition) is 14. The standard InChI is InChI=1S/C83H122N26O20/c1-44(110)97-52(25-45-11-3-2-4-12-45)77(123)109-43-51(89)31-64(109)83(129)103-24-10-18-58(103)76(122)96-37-70(116)108-42-50(88)30-63(108)82(128)102-23-9-17-57(102)75(121)95-36-69(115)107-41-49(87)29-62(107)81(127)101-22-8-16-56(101)74(120)94-35-68(114)106-40-48(86)28-61(106)80(126)100-21-7-15-55(100)73(119)93-34-67(113)105-39-47(85)27-60(105)79(125)99-20-6-14-54(99)72(118)92-33-66(112)104-38-46(84)26-59(104)78(124)98-19-5-13-53(98)71(117)91-32-65(90)111/h2-4,11-12,46-64H,5-10,13-43,84-89H2,1H3,(H2,90,111)(H,91,117)(H,92,118)(H,93,119)(H,94,120)(H,95,121)(H,96,122)(H,97,110)/t46-,47-,48-,49-,50-,51-,52-,53-,54-,55-,56-,57-,58-,59-,60-,61-,62-,63-,64-/m0/s1. The van der Waals surface area contributed by atoms with Gasteiger partial charge in [-0.3, -0.25) is 95.9 Å². The van der Waals surface area contributed by atoms with Crippen LogP contribution in [0, 0.1) is 0 Å². The van der Waals surface area contributed by atoms with Gasteiger partial charge in [0.1, 0.15) is 78.5 Å². The SMILES string of the molecule is CC(=O)N[C@@H](Cc1ccccc1)C(=O)N1C[C@@H](N)C[C@H]1C(=O)N1CCC[C@H]1C(=O)NCC(=O)N1C[C@@H](N)C[C@H]1C(=O)N1CCC[C@H]1C(=O)NCC(=O)N1C[C@@H](N)C[C@H]1C(=O)N1CCC[C@H]1C(=O)NCC(=O)N1C[C@@H](N)C[C@H]1C(=O)N1CCC[C@H]1C(=O)NCC(=O)N1C[C@@H](N)C[C@H]1C(=O)N1CCC[C@H]1C(=O)NCC(=O)N1C[C@@H](N)C[C@H]1C(=O)N1CCC[C@H]1C(=O)NCC(N)=O. The molecule has 46 nitrogen and oxygen atoms in total. The Kier molecular flexibility index (Phi) is 30.5. The van der Waals surface area contributed by atoms with Gasteiger partial charge in [0.05, 0.1) is 39.3 Å². The van der Waals surface area contributed by atoms with Gasteiger partial charge in [-0.2, -0.15) is 0 Å². The highest BCUT2D eigenvalue weighted by Gasteiger charge is 2.53. The number of hydrogen-bond acceptors (Lipinski definition) is 26. The predicted molar refractivity (Wildman–Crippen MR) is 452 cm³/mol. The molecule has 21 N–H and O–H groups in total. The third-order valence-corrected chi connectivity index (χ3v) is 27.1. The third-order valence-electron chi connectivity index (χ3n) is 27.1. The minimum absolute atomic E-state index is 0.00485. The van der Waals surface area contributed by atoms with Crippen molar-refractivity contribution in [3.8, 4) is 0 Å². The molecule has 1 aromatic carbocycles. The summed E-state index contributed by atoms with van der Waals surface area (Å²) in [5, 5.41) is 18.3. The molecule has 13 rings (SSSR count). The van der Waals surface area contributed by atoms with Crippen molar-refractivity contribution in [1.29, 1.82) is 0 Å². The van der Waals surface area contributed by atoms with Crippen molar-refractivity contribution in [3.63, 3.8) is 0 Å². The van der Waals surface area contributed by atoms with E-state index in [0.717, 1.165) is 5.56 Å². The van der Waals surface area contributed by atoms with Gasteiger partial charge in [-0.25, -0.2) is 0 Å². The van der Waals surface area contributed by atoms with Crippen LogP contribution in [-0.2, 0) is 102 Å². The first kappa shape index (κ1) is 95.0. The number of amides is 20. The number of nitrogens with zero attached hydrogens (tertiary/aromatic N) is 12. The lowest BCUT2D eigenvalue weighted by atomic mass is 10.0. The Balaban J connectivity index is 0.544. The van der Waals surface area contributed by atoms with Crippen molar-refractivity contribution < 1.29 is 95.9 Å². The molecule has 12 aliphatic heterocycles. The van der Waals surface area contributed by atoms with Gasteiger partial charge in [-0.1, -0.05) is 30.3 Å². The Bertz CT molecular complexity index is 4530. The zero-order chi connectivity index (χ0) is 92.7. The third kappa shape index (κ3) is 21.5. The molecular formula is C83H122N26O20. The van der Waals surface area contributed by atoms with Crippen molar-refractivity contribution in [2.75, 3.05) is 118 Å². The van der Waals surface area contributed by atoms with Crippen molar-refractivity contribution in [3.05, 3.63) is 35.9 Å². The molecule has 19 atom stereocenters. The van der Waals surface area contributed by atoms with Gasteiger partial charge in [0.25, 0.3) is 0 Å². The van der Waals surface area contributed by atoms with Crippen LogP contribution in [0.5, 0.6) is 0 Å². The summed E-state index contributed by atoms with van der Waals surface area (Å²) in [6, 6.07) is -8.59. The molecule has 46 heteroatoms. The minimum Gasteiger partial charge on any atom is -0.368 e. The fourth-order valence-electron chi connectivity index (χ4n) is 20.9. The Morgan fingerprint density at radius 2 is 0.504 bits per heavy atom. The van der Waals surface area contributed by atoms with Crippen LogP contribution < -0.4 is 77.4 Å². The van der Waals surface area contributed by atoms with Gasteiger partial charge in [-0.15, -0.1) is 0 Å². The molecule has 0 bridgehead atoms. The van der Waals surface area contributed by atoms with Gasteiger partial charge in [-0.05, 0) is 121 Å². The molecule has 0 aliphatic carbocycles. The molecule has 12 fully saturated rings. The Labute approximate surface area is 744 Å². The van der Waals surface area contributed by atoms with Crippen LogP contribution in [0.15, 0.2) is 30.3 Å². The summed E-state index contributed by atoms with van der Waals surface area (Å²) >= 11 is 0. The second-order valence-electron chi connectivity index (χ2n) is 36.1. The van der Waals surface area contributed by atoms with Crippen molar-refractivity contribution >= 4 is 118 Å². The molecule has 0 saturated carbocycles. The van der Waals surface area contributed by atoms with Crippen LogP contribution in [0.4, 0.5) is 0 Å². The lowest BCUT2D eigenvalue weighted by molar-refractivity contribution is -0.148. The zero-order valence-corrected chi connectivity index (χ0v) is 72.6. The normalized spacial score (nSPS) is 29.2. The number of carbonyl (C=O) groups is 20. The lowest BCUT2D eigenvalue weighted by Gasteiger charge is -2.33. The molecule has 12 heterocycles. The first-order chi connectivity index (χ1) is 61.5. The van der Waals surface area contributed by atoms with E-state index in [9.17, 15) is 95.9 Å². The summed E-state index contributed by atoms with van der Waals surface area (Å²) in [4.78, 5) is 293. The van der Waals surface area contributed by atoms with Crippen LogP contribution >= 0.6 is 0 Å². The number of primary amides is 1. The number of nitrogens with one attached hydrogen (secondary N) is 7. The fraction of sp³-hybridized carbons (Fsp3) is 0.687. The van der Waals surface area contributed by atoms with E-state index in [0.29, 0.717) is 44.9 Å². The molecule has 12 aliphatic rings. The lowest BCUT2D eigenvalue weighted by Crippen LogP contribution is -2.57. The molecule has 0 spiro atoms. The second kappa shape index (κ2) is 41.4. The van der Waals surface area contributed by atoms with E-state index in [2.05, 4.69) is 37.2 Å². The zero-order valence-electron chi connectivity index (χ0n) is 72.6. The summed E-state index contributed by atoms with van der Waals surface area (Å²) in [7, 11) is 0. The summed E-state index contributed by atoms with van der Waals surface area (Å²) in [6.45, 7) is -1.46. The number of carbonyl (C=O) groups excluding carboxylic acids is 20. The molecular weight excluding hydrogens is 1680 g/mol. The van der Waals surface area contributed by atoms with E-state index in [-0.39, 0.29) is 156 Å². The van der Waals surface area contributed by atoms with Crippen LogP contribution in [0.1, 0.15) is 128 Å². The van der Waals surface area contributed by atoms with E-state index >= 15 is 0 Å². The average molecular weight is 1800 g/mol. The molecule has 0 aromatic heterocycles. The van der Waals surface area contributed by atoms with Gasteiger partial charge in [0.2, 0.25) is 118 Å². The van der Waals surface area contributed by atoms with E-state index in [1.807, 2.05) is 18.2 Å². The summed E-state index contributed by atoms with van der Waals surface area (Å²) < 4.78 is 0. The quantitative estimate of drug-likeness (QED) is 0.0370. The maximum absolute atomic E-state index is 14.6. The highest BCUT2D eigenvalue weighted by atomic mass is 16.2. The van der Waals surface area contributed by atoms with Gasteiger partial charge < -0.3 is 136 Å². The van der Waals surface area contributed by atoms with Crippen LogP contribution in [-0.4, -0.2) is 410 Å². The number of benzene rings is 1. The maximum Gasteiger partial charge on any atom is 0.246 e. The molecule has 129 heavy (non-hydrogen) atoms. The summed E-state index contributed by atoms with van der Waals surface area (Å²) in [5.41, 5.74) is 44.1. The molecule has 20 amide bonds. The first-order valence-electron chi connectivity index (χ1n) is 45.0. The van der Waals surface area contributed by atoms with Crippen LogP contribution in [0.3, 0.4) is 0 Å². The average Bonchev–Trinajstić information content (AvgIpc) is 1.68. The van der Waals surface area contributed by atoms with E-state index < -0.39 is 272 Å². The second-order valence-corrected chi connectivity index (χ2v) is 36.1. The minimum atomic E-state index is -1.16. The molecule has 0 radical (unpaired) electrons. The largest absolute Gasteiger partial charge is 0.368 e. The van der Waals surface area contributed by atoms with E-state index in [1.54, 1.807) is 12.1 Å². The van der Waals surface area contributed by atoms with Gasteiger partial charge in [0, 0.05) is 128 Å². The van der Waals surface area contributed by atoms with Crippen LogP contribution in [0.25, 0.3) is 0 Å². The smallest absolute Gasteiger partial charge is 0.246 e. The van der Waals surface area contributed by atoms with Crippen LogP contribution in [0.2, 0.25) is 0 Å². The highest BCUT2D eigenvalue weighted by Crippen LogP contribution is 2.34. The van der Waals surface area contributed by atoms with E-state index in [1.165, 1.54) is 65.7 Å². The Morgan fingerprint density at radius 3 is 0.721 bits per heavy atom. The van der Waals surface area contributed by atoms with Crippen molar-refractivity contribution in [2.45, 2.75) is 244 Å². The molecule has 12 saturated heterocycles. The Morgan fingerprint density at radius 1 is 0.295 bits per heavy atom. The molecule has 704 valence electrons.